The Kier molecular flexibility index (Phi) is 3.46. The molecule has 1 aliphatic rings. The third-order valence-corrected chi connectivity index (χ3v) is 5.60. The summed E-state index contributed by atoms with van der Waals surface area (Å²) in [4.78, 5) is 14.6. The molecular weight excluding hydrogens is 318 g/mol. The van der Waals surface area contributed by atoms with Crippen molar-refractivity contribution in [1.29, 1.82) is 0 Å². The first-order valence-corrected chi connectivity index (χ1v) is 8.67. The quantitative estimate of drug-likeness (QED) is 0.733. The molecule has 0 N–H and O–H groups in total. The van der Waals surface area contributed by atoms with Crippen molar-refractivity contribution in [2.24, 2.45) is 0 Å². The molecule has 0 fully saturated rings. The molecular formula is C19H17N3OS. The lowest BCUT2D eigenvalue weighted by atomic mass is 9.81. The van der Waals surface area contributed by atoms with Crippen LogP contribution in [0, 0.1) is 0 Å². The highest BCUT2D eigenvalue weighted by Crippen LogP contribution is 2.43. The molecule has 0 aliphatic carbocycles. The summed E-state index contributed by atoms with van der Waals surface area (Å²) in [6, 6.07) is 18.0. The van der Waals surface area contributed by atoms with E-state index in [0.717, 1.165) is 26.8 Å². The number of hydrogen-bond donors (Lipinski definition) is 0. The van der Waals surface area contributed by atoms with Crippen molar-refractivity contribution >= 4 is 22.9 Å². The van der Waals surface area contributed by atoms with Gasteiger partial charge in [0.1, 0.15) is 10.0 Å². The van der Waals surface area contributed by atoms with Crippen LogP contribution in [0.2, 0.25) is 0 Å². The van der Waals surface area contributed by atoms with Crippen molar-refractivity contribution in [2.45, 2.75) is 18.8 Å². The SMILES string of the molecule is CN1C(=O)C(C)(Cc2nnc(-c3ccccc3)s2)c2ccccc21. The molecule has 2 aromatic carbocycles. The van der Waals surface area contributed by atoms with E-state index in [4.69, 9.17) is 0 Å². The van der Waals surface area contributed by atoms with Gasteiger partial charge in [0.05, 0.1) is 5.41 Å². The first kappa shape index (κ1) is 15.0. The lowest BCUT2D eigenvalue weighted by molar-refractivity contribution is -0.122. The Morgan fingerprint density at radius 1 is 1.04 bits per heavy atom. The number of anilines is 1. The number of para-hydroxylation sites is 1. The van der Waals surface area contributed by atoms with E-state index >= 15 is 0 Å². The Bertz CT molecular complexity index is 906. The zero-order valence-electron chi connectivity index (χ0n) is 13.6. The van der Waals surface area contributed by atoms with Gasteiger partial charge in [0.2, 0.25) is 5.91 Å². The average molecular weight is 335 g/mol. The Morgan fingerprint density at radius 2 is 1.75 bits per heavy atom. The maximum atomic E-state index is 12.8. The van der Waals surface area contributed by atoms with Crippen LogP contribution in [-0.4, -0.2) is 23.2 Å². The second-order valence-electron chi connectivity index (χ2n) is 6.26. The van der Waals surface area contributed by atoms with Crippen LogP contribution in [0.4, 0.5) is 5.69 Å². The van der Waals surface area contributed by atoms with Crippen LogP contribution < -0.4 is 4.90 Å². The van der Waals surface area contributed by atoms with Crippen molar-refractivity contribution in [1.82, 2.24) is 10.2 Å². The predicted octanol–water partition coefficient (Wildman–Crippen LogP) is 3.68. The normalized spacial score (nSPS) is 19.6. The number of carbonyl (C=O) groups excluding carboxylic acids is 1. The summed E-state index contributed by atoms with van der Waals surface area (Å²) in [5.41, 5.74) is 2.52. The highest BCUT2D eigenvalue weighted by molar-refractivity contribution is 7.14. The summed E-state index contributed by atoms with van der Waals surface area (Å²) in [5.74, 6) is 0.111. The first-order chi connectivity index (χ1) is 11.6. The minimum Gasteiger partial charge on any atom is -0.314 e. The van der Waals surface area contributed by atoms with Gasteiger partial charge in [-0.1, -0.05) is 59.9 Å². The third kappa shape index (κ3) is 2.24. The largest absolute Gasteiger partial charge is 0.314 e. The van der Waals surface area contributed by atoms with Gasteiger partial charge in [-0.3, -0.25) is 4.79 Å². The number of aromatic nitrogens is 2. The molecule has 0 bridgehead atoms. The van der Waals surface area contributed by atoms with Crippen molar-refractivity contribution in [3.05, 3.63) is 65.2 Å². The van der Waals surface area contributed by atoms with E-state index in [0.29, 0.717) is 6.42 Å². The van der Waals surface area contributed by atoms with Crippen molar-refractivity contribution in [3.8, 4) is 10.6 Å². The number of likely N-dealkylation sites (N-methyl/N-ethyl adjacent to an activating group) is 1. The molecule has 0 radical (unpaired) electrons. The molecule has 0 saturated carbocycles. The summed E-state index contributed by atoms with van der Waals surface area (Å²) in [6.45, 7) is 2.00. The van der Waals surface area contributed by atoms with Crippen molar-refractivity contribution < 1.29 is 4.79 Å². The minimum atomic E-state index is -0.584. The van der Waals surface area contributed by atoms with Crippen LogP contribution in [0.15, 0.2) is 54.6 Å². The molecule has 1 unspecified atom stereocenters. The standard InChI is InChI=1S/C19H17N3OS/c1-19(14-10-6-7-11-15(14)22(2)18(19)23)12-16-20-21-17(24-16)13-8-4-3-5-9-13/h3-11H,12H2,1-2H3. The van der Waals surface area contributed by atoms with Gasteiger partial charge < -0.3 is 4.90 Å². The van der Waals surface area contributed by atoms with Gasteiger partial charge >= 0.3 is 0 Å². The van der Waals surface area contributed by atoms with Crippen LogP contribution in [0.3, 0.4) is 0 Å². The van der Waals surface area contributed by atoms with E-state index in [1.807, 2.05) is 68.6 Å². The second kappa shape index (κ2) is 5.53. The molecule has 1 atom stereocenters. The van der Waals surface area contributed by atoms with Gasteiger partial charge in [-0.05, 0) is 18.6 Å². The molecule has 2 heterocycles. The number of benzene rings is 2. The van der Waals surface area contributed by atoms with Gasteiger partial charge in [-0.25, -0.2) is 0 Å². The number of rotatable bonds is 3. The molecule has 1 amide bonds. The summed E-state index contributed by atoms with van der Waals surface area (Å²) in [6.07, 6.45) is 0.567. The fraction of sp³-hybridized carbons (Fsp3) is 0.211. The van der Waals surface area contributed by atoms with Crippen LogP contribution in [0.5, 0.6) is 0 Å². The van der Waals surface area contributed by atoms with Crippen molar-refractivity contribution in [3.63, 3.8) is 0 Å². The molecule has 5 heteroatoms. The second-order valence-corrected chi connectivity index (χ2v) is 7.32. The molecule has 1 aromatic heterocycles. The summed E-state index contributed by atoms with van der Waals surface area (Å²) in [5, 5.41) is 10.4. The van der Waals surface area contributed by atoms with E-state index in [-0.39, 0.29) is 5.91 Å². The number of hydrogen-bond acceptors (Lipinski definition) is 4. The lowest BCUT2D eigenvalue weighted by Gasteiger charge is -2.21. The molecule has 1 aliphatic heterocycles. The number of amides is 1. The molecule has 3 aromatic rings. The zero-order valence-corrected chi connectivity index (χ0v) is 14.4. The lowest BCUT2D eigenvalue weighted by Crippen LogP contribution is -2.37. The predicted molar refractivity (Wildman–Crippen MR) is 96.3 cm³/mol. The van der Waals surface area contributed by atoms with E-state index in [9.17, 15) is 4.79 Å². The van der Waals surface area contributed by atoms with E-state index in [1.54, 1.807) is 16.2 Å². The van der Waals surface area contributed by atoms with Crippen LogP contribution in [0.1, 0.15) is 17.5 Å². The Labute approximate surface area is 144 Å². The van der Waals surface area contributed by atoms with Crippen LogP contribution >= 0.6 is 11.3 Å². The number of nitrogens with zero attached hydrogens (tertiary/aromatic N) is 3. The molecule has 24 heavy (non-hydrogen) atoms. The van der Waals surface area contributed by atoms with Crippen LogP contribution in [-0.2, 0) is 16.6 Å². The van der Waals surface area contributed by atoms with Gasteiger partial charge in [0.15, 0.2) is 0 Å². The van der Waals surface area contributed by atoms with Gasteiger partial charge in [0, 0.05) is 24.7 Å². The molecule has 120 valence electrons. The van der Waals surface area contributed by atoms with E-state index in [2.05, 4.69) is 10.2 Å². The highest BCUT2D eigenvalue weighted by atomic mass is 32.1. The molecule has 0 spiro atoms. The summed E-state index contributed by atoms with van der Waals surface area (Å²) in [7, 11) is 1.84. The highest BCUT2D eigenvalue weighted by Gasteiger charge is 2.46. The van der Waals surface area contributed by atoms with E-state index in [1.165, 1.54) is 0 Å². The Balaban J connectivity index is 1.69. The molecule has 4 nitrogen and oxygen atoms in total. The van der Waals surface area contributed by atoms with Gasteiger partial charge in [-0.15, -0.1) is 10.2 Å². The van der Waals surface area contributed by atoms with Gasteiger partial charge in [-0.2, -0.15) is 0 Å². The zero-order chi connectivity index (χ0) is 16.7. The summed E-state index contributed by atoms with van der Waals surface area (Å²) < 4.78 is 0. The smallest absolute Gasteiger partial charge is 0.237 e. The third-order valence-electron chi connectivity index (χ3n) is 4.63. The number of fused-ring (bicyclic) bond motifs is 1. The maximum Gasteiger partial charge on any atom is 0.237 e. The monoisotopic (exact) mass is 335 g/mol. The fourth-order valence-electron chi connectivity index (χ4n) is 3.32. The van der Waals surface area contributed by atoms with Gasteiger partial charge in [0.25, 0.3) is 0 Å². The summed E-state index contributed by atoms with van der Waals surface area (Å²) >= 11 is 1.56. The Hall–Kier alpha value is -2.53. The van der Waals surface area contributed by atoms with E-state index < -0.39 is 5.41 Å². The molecule has 4 rings (SSSR count). The molecule has 0 saturated heterocycles. The maximum absolute atomic E-state index is 12.8. The van der Waals surface area contributed by atoms with Crippen molar-refractivity contribution in [2.75, 3.05) is 11.9 Å². The van der Waals surface area contributed by atoms with Crippen LogP contribution in [0.25, 0.3) is 10.6 Å². The Morgan fingerprint density at radius 3 is 2.54 bits per heavy atom. The first-order valence-electron chi connectivity index (χ1n) is 7.85. The minimum absolute atomic E-state index is 0.111. The average Bonchev–Trinajstić information content (AvgIpc) is 3.15. The topological polar surface area (TPSA) is 46.1 Å². The number of carbonyl (C=O) groups is 1. The fourth-order valence-corrected chi connectivity index (χ4v) is 4.32.